The second kappa shape index (κ2) is 6.15. The lowest BCUT2D eigenvalue weighted by Gasteiger charge is -2.22. The Kier molecular flexibility index (Phi) is 4.08. The summed E-state index contributed by atoms with van der Waals surface area (Å²) in [5.41, 5.74) is 0.0345. The molecule has 0 saturated carbocycles. The molecular formula is C19H20ClNO4. The van der Waals surface area contributed by atoms with Gasteiger partial charge < -0.3 is 14.4 Å². The van der Waals surface area contributed by atoms with Crippen molar-refractivity contribution in [3.05, 3.63) is 41.4 Å². The Bertz CT molecular complexity index is 731. The number of amides is 1. The van der Waals surface area contributed by atoms with Gasteiger partial charge in [0.1, 0.15) is 11.5 Å². The van der Waals surface area contributed by atoms with Crippen LogP contribution in [0.1, 0.15) is 19.8 Å². The van der Waals surface area contributed by atoms with Crippen LogP contribution < -0.4 is 4.90 Å². The zero-order valence-electron chi connectivity index (χ0n) is 14.0. The van der Waals surface area contributed by atoms with Crippen LogP contribution in [0, 0.1) is 11.8 Å². The van der Waals surface area contributed by atoms with Crippen molar-refractivity contribution in [1.82, 2.24) is 0 Å². The average molecular weight is 362 g/mol. The number of unbranched alkanes of at least 4 members (excludes halogenated alkanes) is 1. The molecule has 0 aliphatic carbocycles. The molecule has 25 heavy (non-hydrogen) atoms. The molecule has 1 aromatic rings. The summed E-state index contributed by atoms with van der Waals surface area (Å²) in [4.78, 5) is 27.3. The summed E-state index contributed by atoms with van der Waals surface area (Å²) < 4.78 is 11.5. The number of nitrogens with zero attached hydrogens (tertiary/aromatic N) is 1. The van der Waals surface area contributed by atoms with Crippen LogP contribution in [0.3, 0.4) is 0 Å². The first-order chi connectivity index (χ1) is 12.1. The molecule has 3 aliphatic rings. The van der Waals surface area contributed by atoms with E-state index in [9.17, 15) is 9.59 Å². The Balaban J connectivity index is 1.59. The third kappa shape index (κ3) is 2.57. The van der Waals surface area contributed by atoms with Gasteiger partial charge >= 0.3 is 5.97 Å². The number of halogens is 1. The highest BCUT2D eigenvalue weighted by Gasteiger charge is 2.67. The van der Waals surface area contributed by atoms with Crippen LogP contribution in [0.25, 0.3) is 0 Å². The molecule has 4 rings (SSSR count). The fourth-order valence-electron chi connectivity index (χ4n) is 4.02. The van der Waals surface area contributed by atoms with Gasteiger partial charge in [-0.1, -0.05) is 37.1 Å². The van der Waals surface area contributed by atoms with Crippen LogP contribution in [0.5, 0.6) is 0 Å². The summed E-state index contributed by atoms with van der Waals surface area (Å²) in [6, 6.07) is 7.12. The smallest absolute Gasteiger partial charge is 0.312 e. The lowest BCUT2D eigenvalue weighted by molar-refractivity contribution is -0.152. The predicted octanol–water partition coefficient (Wildman–Crippen LogP) is 2.97. The standard InChI is InChI=1S/C19H20ClNO4/c1-2-3-10-24-18(23)15-14-8-9-19(25-14)11-21(17(22)16(15)19)13-6-4-12(20)5-7-13/h4-9,14-16H,2-3,10-11H2,1H3/t14-,15-,16-,19+/m1/s1. The molecule has 6 heteroatoms. The van der Waals surface area contributed by atoms with Crippen LogP contribution in [0.15, 0.2) is 36.4 Å². The Hall–Kier alpha value is -1.85. The van der Waals surface area contributed by atoms with E-state index in [4.69, 9.17) is 21.1 Å². The van der Waals surface area contributed by atoms with Crippen molar-refractivity contribution < 1.29 is 19.1 Å². The highest BCUT2D eigenvalue weighted by molar-refractivity contribution is 6.30. The molecule has 0 radical (unpaired) electrons. The molecule has 1 amide bonds. The Morgan fingerprint density at radius 1 is 1.40 bits per heavy atom. The van der Waals surface area contributed by atoms with Gasteiger partial charge in [-0.25, -0.2) is 0 Å². The molecular weight excluding hydrogens is 342 g/mol. The molecule has 0 aromatic heterocycles. The molecule has 3 heterocycles. The van der Waals surface area contributed by atoms with Crippen molar-refractivity contribution >= 4 is 29.2 Å². The van der Waals surface area contributed by atoms with Crippen molar-refractivity contribution in [2.45, 2.75) is 31.5 Å². The summed E-state index contributed by atoms with van der Waals surface area (Å²) in [5.74, 6) is -1.51. The molecule has 132 valence electrons. The average Bonchev–Trinajstić information content (AvgIpc) is 3.24. The lowest BCUT2D eigenvalue weighted by Crippen LogP contribution is -2.40. The van der Waals surface area contributed by atoms with E-state index in [2.05, 4.69) is 0 Å². The van der Waals surface area contributed by atoms with Gasteiger partial charge in [-0.3, -0.25) is 9.59 Å². The van der Waals surface area contributed by atoms with Gasteiger partial charge in [-0.2, -0.15) is 0 Å². The van der Waals surface area contributed by atoms with Gasteiger partial charge in [0.2, 0.25) is 5.91 Å². The fraction of sp³-hybridized carbons (Fsp3) is 0.474. The van der Waals surface area contributed by atoms with Crippen LogP contribution in [0.4, 0.5) is 5.69 Å². The van der Waals surface area contributed by atoms with Crippen molar-refractivity contribution in [2.24, 2.45) is 11.8 Å². The Morgan fingerprint density at radius 3 is 2.88 bits per heavy atom. The van der Waals surface area contributed by atoms with Crippen molar-refractivity contribution in [3.8, 4) is 0 Å². The minimum Gasteiger partial charge on any atom is -0.465 e. The molecule has 0 N–H and O–H groups in total. The second-order valence-electron chi connectivity index (χ2n) is 6.82. The molecule has 2 saturated heterocycles. The number of esters is 1. The zero-order valence-corrected chi connectivity index (χ0v) is 14.7. The summed E-state index contributed by atoms with van der Waals surface area (Å²) in [5, 5.41) is 0.614. The van der Waals surface area contributed by atoms with E-state index in [1.807, 2.05) is 31.2 Å². The molecule has 3 aliphatic heterocycles. The van der Waals surface area contributed by atoms with Gasteiger partial charge in [0, 0.05) is 10.7 Å². The third-order valence-electron chi connectivity index (χ3n) is 5.25. The number of rotatable bonds is 5. The normalized spacial score (nSPS) is 32.3. The van der Waals surface area contributed by atoms with Crippen LogP contribution >= 0.6 is 11.6 Å². The van der Waals surface area contributed by atoms with Crippen molar-refractivity contribution in [1.29, 1.82) is 0 Å². The summed E-state index contributed by atoms with van der Waals surface area (Å²) >= 11 is 5.94. The summed E-state index contributed by atoms with van der Waals surface area (Å²) in [6.07, 6.45) is 5.23. The Labute approximate surface area is 151 Å². The van der Waals surface area contributed by atoms with Gasteiger partial charge in [-0.05, 0) is 30.7 Å². The number of carbonyl (C=O) groups excluding carboxylic acids is 2. The van der Waals surface area contributed by atoms with E-state index in [0.717, 1.165) is 18.5 Å². The molecule has 1 spiro atoms. The predicted molar refractivity (Wildman–Crippen MR) is 93.4 cm³/mol. The van der Waals surface area contributed by atoms with E-state index in [1.165, 1.54) is 0 Å². The molecule has 2 fully saturated rings. The minimum atomic E-state index is -0.726. The number of ether oxygens (including phenoxy) is 2. The number of carbonyl (C=O) groups is 2. The fourth-order valence-corrected chi connectivity index (χ4v) is 4.15. The topological polar surface area (TPSA) is 55.8 Å². The van der Waals surface area contributed by atoms with Crippen molar-refractivity contribution in [2.75, 3.05) is 18.1 Å². The van der Waals surface area contributed by atoms with Gasteiger partial charge in [0.15, 0.2) is 0 Å². The maximum Gasteiger partial charge on any atom is 0.312 e. The van der Waals surface area contributed by atoms with Crippen LogP contribution in [0.2, 0.25) is 5.02 Å². The molecule has 0 unspecified atom stereocenters. The first kappa shape index (κ1) is 16.6. The number of hydrogen-bond donors (Lipinski definition) is 0. The largest absolute Gasteiger partial charge is 0.465 e. The van der Waals surface area contributed by atoms with Gasteiger partial charge in [0.25, 0.3) is 0 Å². The van der Waals surface area contributed by atoms with Gasteiger partial charge in [0.05, 0.1) is 25.2 Å². The van der Waals surface area contributed by atoms with E-state index in [-0.39, 0.29) is 18.0 Å². The molecule has 2 bridgehead atoms. The maximum atomic E-state index is 13.1. The number of hydrogen-bond acceptors (Lipinski definition) is 4. The number of fused-ring (bicyclic) bond motifs is 1. The number of benzene rings is 1. The van der Waals surface area contributed by atoms with E-state index in [1.54, 1.807) is 17.0 Å². The third-order valence-corrected chi connectivity index (χ3v) is 5.50. The summed E-state index contributed by atoms with van der Waals surface area (Å²) in [6.45, 7) is 2.83. The first-order valence-corrected chi connectivity index (χ1v) is 9.04. The first-order valence-electron chi connectivity index (χ1n) is 8.66. The van der Waals surface area contributed by atoms with E-state index >= 15 is 0 Å². The molecule has 1 aromatic carbocycles. The van der Waals surface area contributed by atoms with Crippen LogP contribution in [-0.2, 0) is 19.1 Å². The van der Waals surface area contributed by atoms with E-state index < -0.39 is 17.4 Å². The highest BCUT2D eigenvalue weighted by Crippen LogP contribution is 2.52. The zero-order chi connectivity index (χ0) is 17.6. The minimum absolute atomic E-state index is 0.0911. The lowest BCUT2D eigenvalue weighted by atomic mass is 9.77. The van der Waals surface area contributed by atoms with Crippen molar-refractivity contribution in [3.63, 3.8) is 0 Å². The van der Waals surface area contributed by atoms with E-state index in [0.29, 0.717) is 18.2 Å². The number of anilines is 1. The maximum absolute atomic E-state index is 13.1. The monoisotopic (exact) mass is 361 g/mol. The van der Waals surface area contributed by atoms with Gasteiger partial charge in [-0.15, -0.1) is 0 Å². The second-order valence-corrected chi connectivity index (χ2v) is 7.26. The SMILES string of the molecule is CCCCOC(=O)[C@@H]1[C@H]2C=C[C@@]3(CN(c4ccc(Cl)cc4)C(=O)[C@@H]13)O2. The highest BCUT2D eigenvalue weighted by atomic mass is 35.5. The molecule has 4 atom stereocenters. The quantitative estimate of drug-likeness (QED) is 0.459. The molecule has 5 nitrogen and oxygen atoms in total. The van der Waals surface area contributed by atoms with Crippen LogP contribution in [-0.4, -0.2) is 36.7 Å². The summed E-state index contributed by atoms with van der Waals surface area (Å²) in [7, 11) is 0. The Morgan fingerprint density at radius 2 is 2.16 bits per heavy atom.